The summed E-state index contributed by atoms with van der Waals surface area (Å²) in [6.07, 6.45) is -0.810. The van der Waals surface area contributed by atoms with Crippen molar-refractivity contribution in [3.8, 4) is 0 Å². The lowest BCUT2D eigenvalue weighted by Gasteiger charge is -2.38. The first-order valence-electron chi connectivity index (χ1n) is 5.81. The molecule has 5 atom stereocenters. The van der Waals surface area contributed by atoms with Crippen molar-refractivity contribution in [2.75, 3.05) is 0 Å². The van der Waals surface area contributed by atoms with Crippen LogP contribution in [0.1, 0.15) is 32.6 Å². The predicted molar refractivity (Wildman–Crippen MR) is 53.3 cm³/mol. The molecule has 0 aromatic heterocycles. The molecule has 0 amide bonds. The van der Waals surface area contributed by atoms with E-state index in [1.165, 1.54) is 6.92 Å². The van der Waals surface area contributed by atoms with Gasteiger partial charge in [0.2, 0.25) is 5.72 Å². The molecule has 2 rings (SSSR count). The highest BCUT2D eigenvalue weighted by molar-refractivity contribution is 4.98. The van der Waals surface area contributed by atoms with Gasteiger partial charge in [0, 0.05) is 5.92 Å². The second-order valence-electron chi connectivity index (χ2n) is 5.45. The maximum absolute atomic E-state index is 12.6. The second kappa shape index (κ2) is 3.60. The summed E-state index contributed by atoms with van der Waals surface area (Å²) in [4.78, 5) is 0. The van der Waals surface area contributed by atoms with Crippen LogP contribution in [0.15, 0.2) is 0 Å². The van der Waals surface area contributed by atoms with E-state index in [9.17, 15) is 18.3 Å². The van der Waals surface area contributed by atoms with Gasteiger partial charge in [-0.3, -0.25) is 5.73 Å². The summed E-state index contributed by atoms with van der Waals surface area (Å²) < 4.78 is 37.8. The molecule has 94 valence electrons. The van der Waals surface area contributed by atoms with Crippen LogP contribution in [0.2, 0.25) is 0 Å². The van der Waals surface area contributed by atoms with Crippen LogP contribution in [0.4, 0.5) is 13.2 Å². The number of aliphatic hydroxyl groups is 1. The molecule has 3 N–H and O–H groups in total. The SMILES string of the molecule is C[C@H](C1CC2CCC1C2)C(N)(O)C(F)(F)F. The number of nitrogens with two attached hydrogens (primary N) is 1. The van der Waals surface area contributed by atoms with E-state index in [-0.39, 0.29) is 5.92 Å². The number of halogens is 3. The summed E-state index contributed by atoms with van der Waals surface area (Å²) in [5, 5.41) is 9.46. The summed E-state index contributed by atoms with van der Waals surface area (Å²) >= 11 is 0. The molecule has 2 fully saturated rings. The van der Waals surface area contributed by atoms with Crippen molar-refractivity contribution >= 4 is 0 Å². The van der Waals surface area contributed by atoms with Crippen LogP contribution >= 0.6 is 0 Å². The molecular formula is C11H18F3NO. The van der Waals surface area contributed by atoms with E-state index in [1.807, 2.05) is 0 Å². The first kappa shape index (κ1) is 12.2. The quantitative estimate of drug-likeness (QED) is 0.724. The number of alkyl halides is 3. The maximum Gasteiger partial charge on any atom is 0.431 e. The first-order chi connectivity index (χ1) is 7.23. The van der Waals surface area contributed by atoms with Crippen molar-refractivity contribution < 1.29 is 18.3 Å². The average Bonchev–Trinajstić information content (AvgIpc) is 2.75. The largest absolute Gasteiger partial charge is 0.431 e. The molecular weight excluding hydrogens is 219 g/mol. The van der Waals surface area contributed by atoms with Gasteiger partial charge in [-0.25, -0.2) is 0 Å². The summed E-state index contributed by atoms with van der Waals surface area (Å²) in [5.41, 5.74) is 2.04. The van der Waals surface area contributed by atoms with E-state index in [4.69, 9.17) is 5.73 Å². The smallest absolute Gasteiger partial charge is 0.368 e. The molecule has 0 saturated heterocycles. The third-order valence-corrected chi connectivity index (χ3v) is 4.58. The minimum atomic E-state index is -4.74. The molecule has 0 aromatic carbocycles. The van der Waals surface area contributed by atoms with Crippen LogP contribution in [0.3, 0.4) is 0 Å². The third-order valence-electron chi connectivity index (χ3n) is 4.58. The Labute approximate surface area is 93.0 Å². The van der Waals surface area contributed by atoms with Gasteiger partial charge in [-0.2, -0.15) is 13.2 Å². The summed E-state index contributed by atoms with van der Waals surface area (Å²) in [6.45, 7) is 1.43. The molecule has 0 aromatic rings. The van der Waals surface area contributed by atoms with Gasteiger partial charge in [0.1, 0.15) is 0 Å². The van der Waals surface area contributed by atoms with E-state index in [0.29, 0.717) is 11.8 Å². The van der Waals surface area contributed by atoms with E-state index in [1.54, 1.807) is 0 Å². The lowest BCUT2D eigenvalue weighted by molar-refractivity contribution is -0.282. The zero-order valence-electron chi connectivity index (χ0n) is 9.30. The third kappa shape index (κ3) is 1.74. The van der Waals surface area contributed by atoms with Crippen molar-refractivity contribution in [3.05, 3.63) is 0 Å². The van der Waals surface area contributed by atoms with Crippen LogP contribution in [-0.2, 0) is 0 Å². The van der Waals surface area contributed by atoms with Crippen molar-refractivity contribution in [2.45, 2.75) is 44.5 Å². The highest BCUT2D eigenvalue weighted by atomic mass is 19.4. The van der Waals surface area contributed by atoms with Gasteiger partial charge < -0.3 is 5.11 Å². The van der Waals surface area contributed by atoms with Crippen LogP contribution in [0.5, 0.6) is 0 Å². The number of rotatable bonds is 2. The Kier molecular flexibility index (Phi) is 2.74. The minimum absolute atomic E-state index is 0.0737. The van der Waals surface area contributed by atoms with Crippen LogP contribution in [0, 0.1) is 23.7 Å². The summed E-state index contributed by atoms with van der Waals surface area (Å²) in [6, 6.07) is 0. The van der Waals surface area contributed by atoms with E-state index < -0.39 is 17.8 Å². The zero-order chi connectivity index (χ0) is 12.1. The lowest BCUT2D eigenvalue weighted by Crippen LogP contribution is -2.60. The highest BCUT2D eigenvalue weighted by Crippen LogP contribution is 2.53. The molecule has 2 saturated carbocycles. The van der Waals surface area contributed by atoms with Gasteiger partial charge in [0.25, 0.3) is 0 Å². The Bertz CT molecular complexity index is 277. The Morgan fingerprint density at radius 1 is 1.25 bits per heavy atom. The van der Waals surface area contributed by atoms with Gasteiger partial charge >= 0.3 is 6.18 Å². The molecule has 2 aliphatic carbocycles. The fraction of sp³-hybridized carbons (Fsp3) is 1.00. The van der Waals surface area contributed by atoms with Crippen LogP contribution in [0.25, 0.3) is 0 Å². The van der Waals surface area contributed by atoms with Gasteiger partial charge in [-0.05, 0) is 37.0 Å². The molecule has 2 bridgehead atoms. The number of fused-ring (bicyclic) bond motifs is 2. The Morgan fingerprint density at radius 3 is 2.25 bits per heavy atom. The predicted octanol–water partition coefficient (Wildman–Crippen LogP) is 2.27. The van der Waals surface area contributed by atoms with E-state index in [0.717, 1.165) is 25.7 Å². The molecule has 0 aliphatic heterocycles. The number of hydrogen-bond donors (Lipinski definition) is 2. The molecule has 5 heteroatoms. The van der Waals surface area contributed by atoms with Gasteiger partial charge in [0.15, 0.2) is 0 Å². The van der Waals surface area contributed by atoms with Gasteiger partial charge in [0.05, 0.1) is 0 Å². The number of hydrogen-bond acceptors (Lipinski definition) is 2. The van der Waals surface area contributed by atoms with Crippen LogP contribution in [-0.4, -0.2) is 17.0 Å². The highest BCUT2D eigenvalue weighted by Gasteiger charge is 2.58. The fourth-order valence-corrected chi connectivity index (χ4v) is 3.49. The van der Waals surface area contributed by atoms with Crippen molar-refractivity contribution in [1.29, 1.82) is 0 Å². The Balaban J connectivity index is 2.10. The normalized spacial score (nSPS) is 39.8. The Hall–Kier alpha value is -0.290. The van der Waals surface area contributed by atoms with Crippen LogP contribution < -0.4 is 5.73 Å². The first-order valence-corrected chi connectivity index (χ1v) is 5.81. The van der Waals surface area contributed by atoms with E-state index in [2.05, 4.69) is 0 Å². The average molecular weight is 237 g/mol. The Morgan fingerprint density at radius 2 is 1.88 bits per heavy atom. The fourth-order valence-electron chi connectivity index (χ4n) is 3.49. The molecule has 2 aliphatic rings. The molecule has 16 heavy (non-hydrogen) atoms. The van der Waals surface area contributed by atoms with Gasteiger partial charge in [-0.1, -0.05) is 13.3 Å². The van der Waals surface area contributed by atoms with E-state index >= 15 is 0 Å². The molecule has 4 unspecified atom stereocenters. The van der Waals surface area contributed by atoms with Crippen molar-refractivity contribution in [1.82, 2.24) is 0 Å². The van der Waals surface area contributed by atoms with Crippen molar-refractivity contribution in [3.63, 3.8) is 0 Å². The molecule has 2 nitrogen and oxygen atoms in total. The molecule has 0 spiro atoms. The lowest BCUT2D eigenvalue weighted by atomic mass is 9.75. The molecule has 0 radical (unpaired) electrons. The maximum atomic E-state index is 12.6. The summed E-state index contributed by atoms with van der Waals surface area (Å²) in [5.74, 6) is -0.0999. The molecule has 0 heterocycles. The topological polar surface area (TPSA) is 46.2 Å². The summed E-state index contributed by atoms with van der Waals surface area (Å²) in [7, 11) is 0. The zero-order valence-corrected chi connectivity index (χ0v) is 9.30. The second-order valence-corrected chi connectivity index (χ2v) is 5.45. The van der Waals surface area contributed by atoms with Crippen molar-refractivity contribution in [2.24, 2.45) is 29.4 Å². The standard InChI is InChI=1S/C11H18F3NO/c1-6(10(15,16)11(12,13)14)9-5-7-2-3-8(9)4-7/h6-9,16H,2-5,15H2,1H3/t6-,7?,8?,9?,10?/m1/s1. The monoisotopic (exact) mass is 237 g/mol. The van der Waals surface area contributed by atoms with Gasteiger partial charge in [-0.15, -0.1) is 0 Å². The minimum Gasteiger partial charge on any atom is -0.368 e.